The molecule has 18 heavy (non-hydrogen) atoms. The summed E-state index contributed by atoms with van der Waals surface area (Å²) in [6.45, 7) is 10.1. The largest absolute Gasteiger partial charge is 0.379 e. The van der Waals surface area contributed by atoms with Crippen LogP contribution in [0.4, 0.5) is 5.69 Å². The van der Waals surface area contributed by atoms with Crippen molar-refractivity contribution in [1.82, 2.24) is 9.78 Å². The molecular formula is C15H21N3. The highest BCUT2D eigenvalue weighted by atomic mass is 15.3. The molecule has 3 heteroatoms. The van der Waals surface area contributed by atoms with Gasteiger partial charge in [-0.15, -0.1) is 0 Å². The zero-order valence-corrected chi connectivity index (χ0v) is 11.6. The lowest BCUT2D eigenvalue weighted by molar-refractivity contribution is 0.623. The average Bonchev–Trinajstić information content (AvgIpc) is 2.66. The van der Waals surface area contributed by atoms with Gasteiger partial charge in [0.1, 0.15) is 0 Å². The molecular weight excluding hydrogens is 222 g/mol. The van der Waals surface area contributed by atoms with Crippen LogP contribution in [0.3, 0.4) is 0 Å². The number of nitrogens with zero attached hydrogens (tertiary/aromatic N) is 2. The first-order valence-corrected chi connectivity index (χ1v) is 6.44. The van der Waals surface area contributed by atoms with Crippen LogP contribution < -0.4 is 5.32 Å². The van der Waals surface area contributed by atoms with Crippen molar-refractivity contribution in [2.24, 2.45) is 0 Å². The van der Waals surface area contributed by atoms with Gasteiger partial charge in [0.05, 0.1) is 17.9 Å². The molecule has 0 saturated carbocycles. The van der Waals surface area contributed by atoms with Gasteiger partial charge in [-0.05, 0) is 57.0 Å². The Hall–Kier alpha value is -1.77. The molecule has 0 amide bonds. The average molecular weight is 243 g/mol. The second-order valence-electron chi connectivity index (χ2n) is 4.82. The summed E-state index contributed by atoms with van der Waals surface area (Å²) in [7, 11) is 0. The number of nitrogens with one attached hydrogen (secondary N) is 1. The maximum Gasteiger partial charge on any atom is 0.0597 e. The summed E-state index contributed by atoms with van der Waals surface area (Å²) in [5.74, 6) is 0. The van der Waals surface area contributed by atoms with Crippen LogP contribution in [-0.4, -0.2) is 9.78 Å². The van der Waals surface area contributed by atoms with Gasteiger partial charge in [0.2, 0.25) is 0 Å². The Bertz CT molecular complexity index is 520. The van der Waals surface area contributed by atoms with Crippen LogP contribution in [0.15, 0.2) is 24.3 Å². The van der Waals surface area contributed by atoms with Crippen LogP contribution in [-0.2, 0) is 13.1 Å². The summed E-state index contributed by atoms with van der Waals surface area (Å²) in [5, 5.41) is 7.92. The molecule has 0 spiro atoms. The van der Waals surface area contributed by atoms with Crippen molar-refractivity contribution in [3.8, 4) is 0 Å². The number of hydrogen-bond donors (Lipinski definition) is 1. The summed E-state index contributed by atoms with van der Waals surface area (Å²) < 4.78 is 2.05. The number of aryl methyl sites for hydroxylation is 4. The summed E-state index contributed by atoms with van der Waals surface area (Å²) in [4.78, 5) is 0. The molecule has 0 radical (unpaired) electrons. The molecule has 0 unspecified atom stereocenters. The predicted molar refractivity (Wildman–Crippen MR) is 75.9 cm³/mol. The van der Waals surface area contributed by atoms with Crippen LogP contribution in [0, 0.1) is 20.8 Å². The van der Waals surface area contributed by atoms with Gasteiger partial charge in [-0.25, -0.2) is 0 Å². The first kappa shape index (κ1) is 12.7. The van der Waals surface area contributed by atoms with Crippen molar-refractivity contribution >= 4 is 5.69 Å². The van der Waals surface area contributed by atoms with Gasteiger partial charge in [-0.2, -0.15) is 5.10 Å². The summed E-state index contributed by atoms with van der Waals surface area (Å²) in [6, 6.07) is 8.67. The van der Waals surface area contributed by atoms with E-state index in [1.165, 1.54) is 22.5 Å². The topological polar surface area (TPSA) is 29.9 Å². The zero-order valence-electron chi connectivity index (χ0n) is 11.6. The molecule has 0 aliphatic carbocycles. The van der Waals surface area contributed by atoms with Crippen LogP contribution in [0.5, 0.6) is 0 Å². The van der Waals surface area contributed by atoms with E-state index in [0.717, 1.165) is 18.8 Å². The van der Waals surface area contributed by atoms with Gasteiger partial charge >= 0.3 is 0 Å². The van der Waals surface area contributed by atoms with Crippen molar-refractivity contribution in [2.45, 2.75) is 40.8 Å². The number of rotatable bonds is 4. The fourth-order valence-electron chi connectivity index (χ4n) is 2.28. The molecule has 1 heterocycles. The quantitative estimate of drug-likeness (QED) is 0.891. The van der Waals surface area contributed by atoms with Gasteiger partial charge in [0, 0.05) is 12.2 Å². The second kappa shape index (κ2) is 5.25. The molecule has 1 aromatic carbocycles. The smallest absolute Gasteiger partial charge is 0.0597 e. The van der Waals surface area contributed by atoms with E-state index in [4.69, 9.17) is 0 Å². The number of anilines is 1. The van der Waals surface area contributed by atoms with Gasteiger partial charge in [-0.1, -0.05) is 6.07 Å². The summed E-state index contributed by atoms with van der Waals surface area (Å²) >= 11 is 0. The highest BCUT2D eigenvalue weighted by Gasteiger charge is 2.03. The molecule has 0 aliphatic heterocycles. The molecule has 0 atom stereocenters. The van der Waals surface area contributed by atoms with Crippen molar-refractivity contribution in [3.05, 3.63) is 46.8 Å². The molecule has 0 saturated heterocycles. The molecule has 2 rings (SSSR count). The van der Waals surface area contributed by atoms with E-state index in [9.17, 15) is 0 Å². The van der Waals surface area contributed by atoms with Crippen molar-refractivity contribution in [1.29, 1.82) is 0 Å². The Kier molecular flexibility index (Phi) is 3.70. The molecule has 0 fully saturated rings. The number of hydrogen-bond acceptors (Lipinski definition) is 2. The maximum atomic E-state index is 4.45. The third-order valence-corrected chi connectivity index (χ3v) is 2.98. The SMILES string of the molecule is CCn1nc(C)cc1CNc1cc(C)cc(C)c1. The lowest BCUT2D eigenvalue weighted by Gasteiger charge is -2.09. The van der Waals surface area contributed by atoms with Gasteiger partial charge in [0.15, 0.2) is 0 Å². The first-order chi connectivity index (χ1) is 8.58. The van der Waals surface area contributed by atoms with E-state index in [-0.39, 0.29) is 0 Å². The molecule has 0 bridgehead atoms. The van der Waals surface area contributed by atoms with Gasteiger partial charge < -0.3 is 5.32 Å². The maximum absolute atomic E-state index is 4.45. The number of benzene rings is 1. The standard InChI is InChI=1S/C15H21N3/c1-5-18-15(9-13(4)17-18)10-16-14-7-11(2)6-12(3)8-14/h6-9,16H,5,10H2,1-4H3. The molecule has 2 aromatic rings. The Morgan fingerprint density at radius 3 is 2.33 bits per heavy atom. The molecule has 3 nitrogen and oxygen atoms in total. The highest BCUT2D eigenvalue weighted by molar-refractivity contribution is 5.48. The Morgan fingerprint density at radius 2 is 1.72 bits per heavy atom. The van der Waals surface area contributed by atoms with E-state index in [1.807, 2.05) is 11.6 Å². The third-order valence-electron chi connectivity index (χ3n) is 2.98. The van der Waals surface area contributed by atoms with Crippen LogP contribution in [0.2, 0.25) is 0 Å². The van der Waals surface area contributed by atoms with Crippen LogP contribution >= 0.6 is 0 Å². The van der Waals surface area contributed by atoms with E-state index in [0.29, 0.717) is 0 Å². The second-order valence-corrected chi connectivity index (χ2v) is 4.82. The van der Waals surface area contributed by atoms with Crippen molar-refractivity contribution in [2.75, 3.05) is 5.32 Å². The minimum atomic E-state index is 0.817. The van der Waals surface area contributed by atoms with Crippen molar-refractivity contribution in [3.63, 3.8) is 0 Å². The zero-order chi connectivity index (χ0) is 13.1. The fraction of sp³-hybridized carbons (Fsp3) is 0.400. The van der Waals surface area contributed by atoms with Crippen LogP contribution in [0.1, 0.15) is 29.4 Å². The lowest BCUT2D eigenvalue weighted by atomic mass is 10.1. The monoisotopic (exact) mass is 243 g/mol. The summed E-state index contributed by atoms with van der Waals surface area (Å²) in [6.07, 6.45) is 0. The molecule has 0 aliphatic rings. The first-order valence-electron chi connectivity index (χ1n) is 6.44. The molecule has 1 N–H and O–H groups in total. The van der Waals surface area contributed by atoms with Gasteiger partial charge in [0.25, 0.3) is 0 Å². The Labute approximate surface area is 109 Å². The Balaban J connectivity index is 2.11. The van der Waals surface area contributed by atoms with Gasteiger partial charge in [-0.3, -0.25) is 4.68 Å². The molecule has 96 valence electrons. The third kappa shape index (κ3) is 2.92. The summed E-state index contributed by atoms with van der Waals surface area (Å²) in [5.41, 5.74) is 6.06. The van der Waals surface area contributed by atoms with E-state index < -0.39 is 0 Å². The van der Waals surface area contributed by atoms with E-state index in [2.05, 4.69) is 55.5 Å². The normalized spacial score (nSPS) is 10.7. The van der Waals surface area contributed by atoms with Crippen LogP contribution in [0.25, 0.3) is 0 Å². The van der Waals surface area contributed by atoms with E-state index >= 15 is 0 Å². The minimum absolute atomic E-state index is 0.817. The van der Waals surface area contributed by atoms with E-state index in [1.54, 1.807) is 0 Å². The minimum Gasteiger partial charge on any atom is -0.379 e. The Morgan fingerprint density at radius 1 is 1.06 bits per heavy atom. The highest BCUT2D eigenvalue weighted by Crippen LogP contribution is 2.15. The predicted octanol–water partition coefficient (Wildman–Crippen LogP) is 3.44. The fourth-order valence-corrected chi connectivity index (χ4v) is 2.28. The number of aromatic nitrogens is 2. The molecule has 1 aromatic heterocycles. The van der Waals surface area contributed by atoms with Crippen molar-refractivity contribution < 1.29 is 0 Å². The lowest BCUT2D eigenvalue weighted by Crippen LogP contribution is -2.08.